The number of rotatable bonds is 5. The van der Waals surface area contributed by atoms with Crippen LogP contribution in [0, 0.1) is 0 Å². The Labute approximate surface area is 140 Å². The summed E-state index contributed by atoms with van der Waals surface area (Å²) < 4.78 is 7.33. The molecule has 1 atom stereocenters. The highest BCUT2D eigenvalue weighted by atomic mass is 16.5. The van der Waals surface area contributed by atoms with E-state index < -0.39 is 0 Å². The van der Waals surface area contributed by atoms with Gasteiger partial charge in [0, 0.05) is 44.7 Å². The maximum atomic E-state index is 11.8. The van der Waals surface area contributed by atoms with Gasteiger partial charge in [-0.3, -0.25) is 9.78 Å². The zero-order valence-electron chi connectivity index (χ0n) is 13.6. The van der Waals surface area contributed by atoms with Crippen LogP contribution in [0.3, 0.4) is 0 Å². The third-order valence-electron chi connectivity index (χ3n) is 4.65. The van der Waals surface area contributed by atoms with Gasteiger partial charge in [0.25, 0.3) is 0 Å². The summed E-state index contributed by atoms with van der Waals surface area (Å²) in [6.07, 6.45) is 6.81. The second-order valence-electron chi connectivity index (χ2n) is 6.30. The van der Waals surface area contributed by atoms with E-state index in [0.29, 0.717) is 26.0 Å². The van der Waals surface area contributed by atoms with Crippen molar-refractivity contribution in [2.45, 2.75) is 31.6 Å². The zero-order chi connectivity index (χ0) is 16.4. The Morgan fingerprint density at radius 3 is 3.04 bits per heavy atom. The van der Waals surface area contributed by atoms with E-state index in [1.54, 1.807) is 12.4 Å². The second kappa shape index (κ2) is 6.68. The van der Waals surface area contributed by atoms with Crippen LogP contribution in [-0.2, 0) is 16.0 Å². The van der Waals surface area contributed by atoms with Gasteiger partial charge in [-0.15, -0.1) is 0 Å². The van der Waals surface area contributed by atoms with Crippen molar-refractivity contribution in [3.05, 3.63) is 36.2 Å². The molecular formula is C17H21N5O2. The van der Waals surface area contributed by atoms with E-state index >= 15 is 0 Å². The number of pyridine rings is 1. The van der Waals surface area contributed by atoms with Crippen LogP contribution in [0.5, 0.6) is 0 Å². The van der Waals surface area contributed by atoms with E-state index in [-0.39, 0.29) is 11.8 Å². The van der Waals surface area contributed by atoms with Gasteiger partial charge in [-0.25, -0.2) is 9.67 Å². The summed E-state index contributed by atoms with van der Waals surface area (Å²) in [6.45, 7) is 2.99. The van der Waals surface area contributed by atoms with Crippen molar-refractivity contribution in [2.24, 2.45) is 0 Å². The Kier molecular flexibility index (Phi) is 4.25. The quantitative estimate of drug-likeness (QED) is 0.828. The molecule has 0 aromatic carbocycles. The van der Waals surface area contributed by atoms with Crippen LogP contribution in [0.25, 0.3) is 5.69 Å². The minimum atomic E-state index is 0.242. The molecule has 2 aromatic rings. The lowest BCUT2D eigenvalue weighted by Crippen LogP contribution is -2.27. The Hall–Kier alpha value is -2.28. The first-order valence-electron chi connectivity index (χ1n) is 8.53. The Morgan fingerprint density at radius 2 is 2.33 bits per heavy atom. The topological polar surface area (TPSA) is 73.1 Å². The molecule has 126 valence electrons. The second-order valence-corrected chi connectivity index (χ2v) is 6.30. The van der Waals surface area contributed by atoms with Gasteiger partial charge in [0.2, 0.25) is 5.91 Å². The predicted octanol–water partition coefficient (Wildman–Crippen LogP) is 1.33. The number of aromatic nitrogens is 4. The molecule has 4 rings (SSSR count). The standard InChI is InChI=1S/C17H21N5O2/c23-16-4-2-8-21(16)9-5-15-19-17(13-6-10-24-12-13)20-22(15)14-3-1-7-18-11-14/h1,3,7,11,13H,2,4-6,8-10,12H2/t13-/m0/s1. The van der Waals surface area contributed by atoms with Gasteiger partial charge in [0.1, 0.15) is 5.82 Å². The largest absolute Gasteiger partial charge is 0.381 e. The van der Waals surface area contributed by atoms with Crippen LogP contribution < -0.4 is 0 Å². The lowest BCUT2D eigenvalue weighted by Gasteiger charge is -2.15. The van der Waals surface area contributed by atoms with Gasteiger partial charge < -0.3 is 9.64 Å². The minimum absolute atomic E-state index is 0.242. The first-order chi connectivity index (χ1) is 11.8. The van der Waals surface area contributed by atoms with Crippen molar-refractivity contribution >= 4 is 5.91 Å². The summed E-state index contributed by atoms with van der Waals surface area (Å²) in [6, 6.07) is 3.87. The molecule has 2 saturated heterocycles. The van der Waals surface area contributed by atoms with Crippen molar-refractivity contribution in [2.75, 3.05) is 26.3 Å². The van der Waals surface area contributed by atoms with Crippen LogP contribution >= 0.6 is 0 Å². The number of ether oxygens (including phenoxy) is 1. The predicted molar refractivity (Wildman–Crippen MR) is 86.8 cm³/mol. The van der Waals surface area contributed by atoms with Crippen molar-refractivity contribution < 1.29 is 9.53 Å². The van der Waals surface area contributed by atoms with Gasteiger partial charge in [0.05, 0.1) is 18.5 Å². The van der Waals surface area contributed by atoms with E-state index in [4.69, 9.17) is 14.8 Å². The minimum Gasteiger partial charge on any atom is -0.381 e. The average Bonchev–Trinajstić information content (AvgIpc) is 3.34. The summed E-state index contributed by atoms with van der Waals surface area (Å²) >= 11 is 0. The maximum absolute atomic E-state index is 11.8. The fraction of sp³-hybridized carbons (Fsp3) is 0.529. The maximum Gasteiger partial charge on any atom is 0.222 e. The average molecular weight is 327 g/mol. The molecule has 0 saturated carbocycles. The van der Waals surface area contributed by atoms with E-state index in [2.05, 4.69) is 4.98 Å². The van der Waals surface area contributed by atoms with E-state index in [0.717, 1.165) is 43.3 Å². The highest BCUT2D eigenvalue weighted by Crippen LogP contribution is 2.24. The molecule has 0 aliphatic carbocycles. The molecule has 7 heteroatoms. The number of nitrogens with zero attached hydrogens (tertiary/aromatic N) is 5. The number of amides is 1. The third kappa shape index (κ3) is 3.03. The highest BCUT2D eigenvalue weighted by Gasteiger charge is 2.25. The smallest absolute Gasteiger partial charge is 0.222 e. The molecule has 0 bridgehead atoms. The summed E-state index contributed by atoms with van der Waals surface area (Å²) in [5.41, 5.74) is 0.901. The first kappa shape index (κ1) is 15.3. The number of carbonyl (C=O) groups excluding carboxylic acids is 1. The molecule has 2 aliphatic rings. The van der Waals surface area contributed by atoms with Crippen LogP contribution in [0.1, 0.15) is 36.8 Å². The molecule has 1 amide bonds. The van der Waals surface area contributed by atoms with E-state index in [1.165, 1.54) is 0 Å². The van der Waals surface area contributed by atoms with Crippen molar-refractivity contribution in [3.63, 3.8) is 0 Å². The molecule has 2 fully saturated rings. The molecule has 0 unspecified atom stereocenters. The monoisotopic (exact) mass is 327 g/mol. The molecule has 0 radical (unpaired) electrons. The number of carbonyl (C=O) groups is 1. The van der Waals surface area contributed by atoms with Crippen molar-refractivity contribution in [1.82, 2.24) is 24.6 Å². The Morgan fingerprint density at radius 1 is 1.38 bits per heavy atom. The van der Waals surface area contributed by atoms with E-state index in [9.17, 15) is 4.79 Å². The van der Waals surface area contributed by atoms with Crippen molar-refractivity contribution in [1.29, 1.82) is 0 Å². The third-order valence-corrected chi connectivity index (χ3v) is 4.65. The highest BCUT2D eigenvalue weighted by molar-refractivity contribution is 5.78. The summed E-state index contributed by atoms with van der Waals surface area (Å²) in [5.74, 6) is 2.21. The number of likely N-dealkylation sites (tertiary alicyclic amines) is 1. The summed E-state index contributed by atoms with van der Waals surface area (Å²) in [5, 5.41) is 4.71. The van der Waals surface area contributed by atoms with E-state index in [1.807, 2.05) is 21.7 Å². The number of hydrogen-bond acceptors (Lipinski definition) is 5. The number of hydrogen-bond donors (Lipinski definition) is 0. The molecule has 2 aromatic heterocycles. The van der Waals surface area contributed by atoms with Gasteiger partial charge in [-0.05, 0) is 25.0 Å². The van der Waals surface area contributed by atoms with Crippen LogP contribution in [0.2, 0.25) is 0 Å². The summed E-state index contributed by atoms with van der Waals surface area (Å²) in [4.78, 5) is 22.7. The molecule has 24 heavy (non-hydrogen) atoms. The SMILES string of the molecule is O=C1CCCN1CCc1nc([C@H]2CCOC2)nn1-c1cccnc1. The van der Waals surface area contributed by atoms with Gasteiger partial charge in [-0.2, -0.15) is 5.10 Å². The zero-order valence-corrected chi connectivity index (χ0v) is 13.6. The fourth-order valence-electron chi connectivity index (χ4n) is 3.30. The lowest BCUT2D eigenvalue weighted by atomic mass is 10.1. The molecule has 2 aliphatic heterocycles. The molecule has 0 N–H and O–H groups in total. The van der Waals surface area contributed by atoms with Gasteiger partial charge in [0.15, 0.2) is 5.82 Å². The van der Waals surface area contributed by atoms with Gasteiger partial charge >= 0.3 is 0 Å². The molecule has 4 heterocycles. The fourth-order valence-corrected chi connectivity index (χ4v) is 3.30. The molecule has 7 nitrogen and oxygen atoms in total. The van der Waals surface area contributed by atoms with Crippen LogP contribution in [0.15, 0.2) is 24.5 Å². The van der Waals surface area contributed by atoms with Crippen LogP contribution in [-0.4, -0.2) is 56.9 Å². The lowest BCUT2D eigenvalue weighted by molar-refractivity contribution is -0.127. The first-order valence-corrected chi connectivity index (χ1v) is 8.53. The van der Waals surface area contributed by atoms with Crippen LogP contribution in [0.4, 0.5) is 0 Å². The Balaban J connectivity index is 1.59. The Bertz CT molecular complexity index is 709. The molecular weight excluding hydrogens is 306 g/mol. The van der Waals surface area contributed by atoms with Crippen molar-refractivity contribution in [3.8, 4) is 5.69 Å². The molecule has 0 spiro atoms. The normalized spacial score (nSPS) is 20.9. The summed E-state index contributed by atoms with van der Waals surface area (Å²) in [7, 11) is 0. The van der Waals surface area contributed by atoms with Gasteiger partial charge in [-0.1, -0.05) is 0 Å².